The van der Waals surface area contributed by atoms with Gasteiger partial charge in [0.15, 0.2) is 0 Å². The van der Waals surface area contributed by atoms with E-state index in [0.29, 0.717) is 23.6 Å². The molecule has 3 heteroatoms. The topological polar surface area (TPSA) is 24.5 Å². The van der Waals surface area contributed by atoms with Gasteiger partial charge in [-0.15, -0.1) is 0 Å². The Labute approximate surface area is 119 Å². The molecule has 3 nitrogen and oxygen atoms in total. The number of rotatable bonds is 4. The smallest absolute Gasteiger partial charge is 0.0674 e. The van der Waals surface area contributed by atoms with Crippen molar-refractivity contribution >= 4 is 0 Å². The molecule has 0 amide bonds. The SMILES string of the molecule is CCCNC1C(N2CCOC(C)C2)CCCC1(C)C. The van der Waals surface area contributed by atoms with E-state index in [9.17, 15) is 0 Å². The molecule has 19 heavy (non-hydrogen) atoms. The van der Waals surface area contributed by atoms with Gasteiger partial charge in [0.25, 0.3) is 0 Å². The summed E-state index contributed by atoms with van der Waals surface area (Å²) in [5, 5.41) is 3.84. The molecule has 0 aromatic heterocycles. The zero-order valence-electron chi connectivity index (χ0n) is 13.2. The summed E-state index contributed by atoms with van der Waals surface area (Å²) >= 11 is 0. The van der Waals surface area contributed by atoms with E-state index < -0.39 is 0 Å². The van der Waals surface area contributed by atoms with Gasteiger partial charge in [-0.25, -0.2) is 0 Å². The first kappa shape index (κ1) is 15.3. The van der Waals surface area contributed by atoms with Crippen LogP contribution in [0.4, 0.5) is 0 Å². The van der Waals surface area contributed by atoms with Crippen LogP contribution in [0.1, 0.15) is 53.4 Å². The van der Waals surface area contributed by atoms with Crippen molar-refractivity contribution in [3.63, 3.8) is 0 Å². The average molecular weight is 268 g/mol. The zero-order valence-corrected chi connectivity index (χ0v) is 13.2. The van der Waals surface area contributed by atoms with E-state index in [1.54, 1.807) is 0 Å². The molecule has 1 aliphatic carbocycles. The fourth-order valence-corrected chi connectivity index (χ4v) is 3.86. The molecule has 0 bridgehead atoms. The van der Waals surface area contributed by atoms with Gasteiger partial charge in [0.05, 0.1) is 12.7 Å². The van der Waals surface area contributed by atoms with E-state index in [-0.39, 0.29) is 0 Å². The first-order valence-corrected chi connectivity index (χ1v) is 8.13. The predicted molar refractivity (Wildman–Crippen MR) is 80.5 cm³/mol. The first-order valence-electron chi connectivity index (χ1n) is 8.13. The van der Waals surface area contributed by atoms with Crippen LogP contribution in [0, 0.1) is 5.41 Å². The van der Waals surface area contributed by atoms with Crippen LogP contribution in [-0.4, -0.2) is 49.3 Å². The summed E-state index contributed by atoms with van der Waals surface area (Å²) in [5.74, 6) is 0. The van der Waals surface area contributed by atoms with Gasteiger partial charge in [-0.1, -0.05) is 27.2 Å². The van der Waals surface area contributed by atoms with Gasteiger partial charge in [-0.2, -0.15) is 0 Å². The van der Waals surface area contributed by atoms with Gasteiger partial charge in [0.2, 0.25) is 0 Å². The summed E-state index contributed by atoms with van der Waals surface area (Å²) in [6.45, 7) is 13.6. The number of morpholine rings is 1. The van der Waals surface area contributed by atoms with Crippen molar-refractivity contribution in [1.29, 1.82) is 0 Å². The molecule has 1 saturated heterocycles. The minimum Gasteiger partial charge on any atom is -0.376 e. The third-order valence-electron chi connectivity index (χ3n) is 4.90. The van der Waals surface area contributed by atoms with Crippen LogP contribution in [0.3, 0.4) is 0 Å². The molecule has 0 aromatic rings. The highest BCUT2D eigenvalue weighted by Gasteiger charge is 2.41. The predicted octanol–water partition coefficient (Wildman–Crippen LogP) is 2.65. The normalized spacial score (nSPS) is 36.3. The molecule has 0 aromatic carbocycles. The summed E-state index contributed by atoms with van der Waals surface area (Å²) in [7, 11) is 0. The van der Waals surface area contributed by atoms with Crippen molar-refractivity contribution < 1.29 is 4.74 Å². The highest BCUT2D eigenvalue weighted by Crippen LogP contribution is 2.38. The lowest BCUT2D eigenvalue weighted by Gasteiger charge is -2.50. The molecule has 0 radical (unpaired) electrons. The van der Waals surface area contributed by atoms with Crippen LogP contribution in [0.5, 0.6) is 0 Å². The van der Waals surface area contributed by atoms with Gasteiger partial charge < -0.3 is 10.1 Å². The van der Waals surface area contributed by atoms with Crippen molar-refractivity contribution in [3.8, 4) is 0 Å². The molecule has 112 valence electrons. The third-order valence-corrected chi connectivity index (χ3v) is 4.90. The fraction of sp³-hybridized carbons (Fsp3) is 1.00. The number of ether oxygens (including phenoxy) is 1. The minimum absolute atomic E-state index is 0.394. The molecule has 2 fully saturated rings. The fourth-order valence-electron chi connectivity index (χ4n) is 3.86. The quantitative estimate of drug-likeness (QED) is 0.848. The minimum atomic E-state index is 0.394. The Morgan fingerprint density at radius 2 is 2.16 bits per heavy atom. The molecule has 1 aliphatic heterocycles. The molecular weight excluding hydrogens is 236 g/mol. The Morgan fingerprint density at radius 1 is 1.37 bits per heavy atom. The molecular formula is C16H32N2O. The highest BCUT2D eigenvalue weighted by molar-refractivity contribution is 4.98. The van der Waals surface area contributed by atoms with Gasteiger partial charge >= 0.3 is 0 Å². The van der Waals surface area contributed by atoms with E-state index in [1.165, 1.54) is 25.7 Å². The van der Waals surface area contributed by atoms with Gasteiger partial charge in [0.1, 0.15) is 0 Å². The van der Waals surface area contributed by atoms with E-state index in [4.69, 9.17) is 4.74 Å². The van der Waals surface area contributed by atoms with E-state index in [1.807, 2.05) is 0 Å². The van der Waals surface area contributed by atoms with Gasteiger partial charge in [-0.05, 0) is 38.1 Å². The van der Waals surface area contributed by atoms with Crippen LogP contribution >= 0.6 is 0 Å². The first-order chi connectivity index (χ1) is 9.04. The molecule has 1 saturated carbocycles. The van der Waals surface area contributed by atoms with Crippen molar-refractivity contribution in [2.24, 2.45) is 5.41 Å². The standard InChI is InChI=1S/C16H32N2O/c1-5-9-17-15-14(7-6-8-16(15,3)4)18-10-11-19-13(2)12-18/h13-15,17H,5-12H2,1-4H3. The Hall–Kier alpha value is -0.120. The highest BCUT2D eigenvalue weighted by atomic mass is 16.5. The third kappa shape index (κ3) is 3.71. The monoisotopic (exact) mass is 268 g/mol. The largest absolute Gasteiger partial charge is 0.376 e. The van der Waals surface area contributed by atoms with Crippen molar-refractivity contribution in [2.45, 2.75) is 71.6 Å². The second-order valence-corrected chi connectivity index (χ2v) is 7.06. The second-order valence-electron chi connectivity index (χ2n) is 7.06. The lowest BCUT2D eigenvalue weighted by Crippen LogP contribution is -2.61. The van der Waals surface area contributed by atoms with E-state index in [2.05, 4.69) is 37.9 Å². The summed E-state index contributed by atoms with van der Waals surface area (Å²) < 4.78 is 5.71. The molecule has 2 rings (SSSR count). The Morgan fingerprint density at radius 3 is 2.84 bits per heavy atom. The van der Waals surface area contributed by atoms with Crippen molar-refractivity contribution in [2.75, 3.05) is 26.2 Å². The van der Waals surface area contributed by atoms with E-state index >= 15 is 0 Å². The molecule has 2 aliphatic rings. The van der Waals surface area contributed by atoms with Crippen molar-refractivity contribution in [3.05, 3.63) is 0 Å². The summed E-state index contributed by atoms with van der Waals surface area (Å²) in [6.07, 6.45) is 5.68. The van der Waals surface area contributed by atoms with Crippen LogP contribution < -0.4 is 5.32 Å². The maximum absolute atomic E-state index is 5.71. The Kier molecular flexibility index (Phi) is 5.27. The summed E-state index contributed by atoms with van der Waals surface area (Å²) in [6, 6.07) is 1.33. The average Bonchev–Trinajstić information content (AvgIpc) is 2.36. The lowest BCUT2D eigenvalue weighted by molar-refractivity contribution is -0.0579. The van der Waals surface area contributed by atoms with Crippen molar-refractivity contribution in [1.82, 2.24) is 10.2 Å². The Bertz CT molecular complexity index is 280. The van der Waals surface area contributed by atoms with E-state index in [0.717, 1.165) is 26.2 Å². The molecule has 1 N–H and O–H groups in total. The van der Waals surface area contributed by atoms with Crippen LogP contribution in [0.25, 0.3) is 0 Å². The van der Waals surface area contributed by atoms with Crippen LogP contribution in [-0.2, 0) is 4.74 Å². The second kappa shape index (κ2) is 6.55. The number of nitrogens with one attached hydrogen (secondary N) is 1. The summed E-state index contributed by atoms with van der Waals surface area (Å²) in [4.78, 5) is 2.68. The Balaban J connectivity index is 2.06. The van der Waals surface area contributed by atoms with Crippen LogP contribution in [0.2, 0.25) is 0 Å². The zero-order chi connectivity index (χ0) is 13.9. The number of nitrogens with zero attached hydrogens (tertiary/aromatic N) is 1. The number of hydrogen-bond donors (Lipinski definition) is 1. The van der Waals surface area contributed by atoms with Crippen LogP contribution in [0.15, 0.2) is 0 Å². The maximum atomic E-state index is 5.71. The summed E-state index contributed by atoms with van der Waals surface area (Å²) in [5.41, 5.74) is 0.416. The molecule has 3 atom stereocenters. The molecule has 0 spiro atoms. The molecule has 3 unspecified atom stereocenters. The molecule has 1 heterocycles. The van der Waals surface area contributed by atoms with Gasteiger partial charge in [0, 0.05) is 25.2 Å². The lowest BCUT2D eigenvalue weighted by atomic mass is 9.70. The van der Waals surface area contributed by atoms with Gasteiger partial charge in [-0.3, -0.25) is 4.90 Å². The number of hydrogen-bond acceptors (Lipinski definition) is 3. The maximum Gasteiger partial charge on any atom is 0.0674 e.